The maximum Gasteiger partial charge on any atom is 0.0397 e. The minimum atomic E-state index is 0.236. The third-order valence-corrected chi connectivity index (χ3v) is 2.40. The summed E-state index contributed by atoms with van der Waals surface area (Å²) in [5, 5.41) is 0.236. The Balaban J connectivity index is 2.56. The smallest absolute Gasteiger partial charge is 0.0397 e. The molecule has 0 saturated carbocycles. The standard InChI is InChI=1S/C11H17ClN2/c1-9(12)5-7-14(3)11-4-6-13-10(2)8-11/h4,6,8-9H,5,7H2,1-3H3. The van der Waals surface area contributed by atoms with Crippen molar-refractivity contribution in [3.8, 4) is 0 Å². The highest BCUT2D eigenvalue weighted by Gasteiger charge is 2.03. The van der Waals surface area contributed by atoms with Gasteiger partial charge in [0.1, 0.15) is 0 Å². The molecular weight excluding hydrogens is 196 g/mol. The zero-order valence-corrected chi connectivity index (χ0v) is 9.75. The van der Waals surface area contributed by atoms with Gasteiger partial charge in [-0.05, 0) is 32.4 Å². The number of pyridine rings is 1. The summed E-state index contributed by atoms with van der Waals surface area (Å²) in [6.07, 6.45) is 2.84. The van der Waals surface area contributed by atoms with Gasteiger partial charge >= 0.3 is 0 Å². The quantitative estimate of drug-likeness (QED) is 0.714. The Morgan fingerprint density at radius 2 is 2.29 bits per heavy atom. The second-order valence-corrected chi connectivity index (χ2v) is 4.39. The van der Waals surface area contributed by atoms with Gasteiger partial charge in [0.25, 0.3) is 0 Å². The topological polar surface area (TPSA) is 16.1 Å². The van der Waals surface area contributed by atoms with Crippen molar-refractivity contribution >= 4 is 17.3 Å². The molecule has 1 aromatic rings. The number of hydrogen-bond acceptors (Lipinski definition) is 2. The molecule has 2 nitrogen and oxygen atoms in total. The molecule has 3 heteroatoms. The van der Waals surface area contributed by atoms with Crippen LogP contribution in [0.3, 0.4) is 0 Å². The van der Waals surface area contributed by atoms with E-state index in [9.17, 15) is 0 Å². The van der Waals surface area contributed by atoms with Gasteiger partial charge in [-0.15, -0.1) is 11.6 Å². The SMILES string of the molecule is Cc1cc(N(C)CCC(C)Cl)ccn1. The number of anilines is 1. The molecule has 0 aromatic carbocycles. The van der Waals surface area contributed by atoms with Crippen LogP contribution in [0.4, 0.5) is 5.69 Å². The first kappa shape index (κ1) is 11.3. The lowest BCUT2D eigenvalue weighted by atomic mass is 10.2. The molecule has 14 heavy (non-hydrogen) atoms. The van der Waals surface area contributed by atoms with E-state index in [1.54, 1.807) is 0 Å². The Hall–Kier alpha value is -0.760. The molecule has 0 N–H and O–H groups in total. The maximum absolute atomic E-state index is 5.90. The molecule has 0 amide bonds. The van der Waals surface area contributed by atoms with Gasteiger partial charge in [0.2, 0.25) is 0 Å². The van der Waals surface area contributed by atoms with Crippen LogP contribution < -0.4 is 4.90 Å². The molecule has 1 heterocycles. The number of rotatable bonds is 4. The molecule has 0 aliphatic rings. The number of aromatic nitrogens is 1. The van der Waals surface area contributed by atoms with E-state index in [2.05, 4.69) is 23.0 Å². The molecular formula is C11H17ClN2. The minimum Gasteiger partial charge on any atom is -0.374 e. The summed E-state index contributed by atoms with van der Waals surface area (Å²) in [4.78, 5) is 6.37. The zero-order valence-electron chi connectivity index (χ0n) is 9.00. The summed E-state index contributed by atoms with van der Waals surface area (Å²) in [6, 6.07) is 4.10. The molecule has 1 aromatic heterocycles. The summed E-state index contributed by atoms with van der Waals surface area (Å²) in [7, 11) is 2.08. The molecule has 0 fully saturated rings. The van der Waals surface area contributed by atoms with E-state index in [0.29, 0.717) is 0 Å². The Morgan fingerprint density at radius 1 is 1.57 bits per heavy atom. The second kappa shape index (κ2) is 5.20. The molecule has 0 saturated heterocycles. The molecule has 0 bridgehead atoms. The van der Waals surface area contributed by atoms with Crippen LogP contribution in [0.15, 0.2) is 18.3 Å². The van der Waals surface area contributed by atoms with E-state index < -0.39 is 0 Å². The number of aryl methyl sites for hydroxylation is 1. The van der Waals surface area contributed by atoms with Crippen LogP contribution in [-0.4, -0.2) is 24.0 Å². The van der Waals surface area contributed by atoms with E-state index >= 15 is 0 Å². The lowest BCUT2D eigenvalue weighted by Gasteiger charge is -2.19. The van der Waals surface area contributed by atoms with Gasteiger partial charge in [-0.3, -0.25) is 4.98 Å². The van der Waals surface area contributed by atoms with E-state index in [4.69, 9.17) is 11.6 Å². The van der Waals surface area contributed by atoms with E-state index in [0.717, 1.165) is 18.7 Å². The van der Waals surface area contributed by atoms with E-state index in [1.807, 2.05) is 26.1 Å². The highest BCUT2D eigenvalue weighted by Crippen LogP contribution is 2.13. The van der Waals surface area contributed by atoms with Crippen molar-refractivity contribution in [3.05, 3.63) is 24.0 Å². The van der Waals surface area contributed by atoms with Gasteiger partial charge in [-0.25, -0.2) is 0 Å². The van der Waals surface area contributed by atoms with Crippen LogP contribution in [0.5, 0.6) is 0 Å². The van der Waals surface area contributed by atoms with Crippen molar-refractivity contribution in [2.45, 2.75) is 25.6 Å². The number of halogens is 1. The normalized spacial score (nSPS) is 12.6. The van der Waals surface area contributed by atoms with Crippen LogP contribution in [0.1, 0.15) is 19.0 Å². The number of nitrogens with zero attached hydrogens (tertiary/aromatic N) is 2. The van der Waals surface area contributed by atoms with Crippen molar-refractivity contribution in [1.29, 1.82) is 0 Å². The fourth-order valence-corrected chi connectivity index (χ4v) is 1.37. The average molecular weight is 213 g/mol. The average Bonchev–Trinajstić information content (AvgIpc) is 2.14. The molecule has 0 radical (unpaired) electrons. The summed E-state index contributed by atoms with van der Waals surface area (Å²) in [5.74, 6) is 0. The van der Waals surface area contributed by atoms with Crippen molar-refractivity contribution < 1.29 is 0 Å². The van der Waals surface area contributed by atoms with Crippen molar-refractivity contribution in [3.63, 3.8) is 0 Å². The van der Waals surface area contributed by atoms with E-state index in [1.165, 1.54) is 5.69 Å². The Labute approximate surface area is 90.9 Å². The highest BCUT2D eigenvalue weighted by molar-refractivity contribution is 6.20. The molecule has 1 rings (SSSR count). The summed E-state index contributed by atoms with van der Waals surface area (Å²) in [6.45, 7) is 5.00. The monoisotopic (exact) mass is 212 g/mol. The van der Waals surface area contributed by atoms with Crippen LogP contribution in [-0.2, 0) is 0 Å². The van der Waals surface area contributed by atoms with Crippen molar-refractivity contribution in [2.75, 3.05) is 18.5 Å². The maximum atomic E-state index is 5.90. The first-order valence-corrected chi connectivity index (χ1v) is 5.31. The summed E-state index contributed by atoms with van der Waals surface area (Å²) >= 11 is 5.90. The Morgan fingerprint density at radius 3 is 2.86 bits per heavy atom. The molecule has 0 aliphatic heterocycles. The molecule has 0 aliphatic carbocycles. The lowest BCUT2D eigenvalue weighted by Crippen LogP contribution is -2.20. The first-order valence-electron chi connectivity index (χ1n) is 4.87. The molecule has 0 spiro atoms. The van der Waals surface area contributed by atoms with Gasteiger partial charge in [-0.2, -0.15) is 0 Å². The minimum absolute atomic E-state index is 0.236. The number of alkyl halides is 1. The Kier molecular flexibility index (Phi) is 4.21. The van der Waals surface area contributed by atoms with Crippen LogP contribution in [0.2, 0.25) is 0 Å². The van der Waals surface area contributed by atoms with Gasteiger partial charge in [0.05, 0.1) is 0 Å². The second-order valence-electron chi connectivity index (χ2n) is 3.65. The van der Waals surface area contributed by atoms with Gasteiger partial charge < -0.3 is 4.90 Å². The molecule has 1 unspecified atom stereocenters. The van der Waals surface area contributed by atoms with Crippen molar-refractivity contribution in [2.24, 2.45) is 0 Å². The first-order chi connectivity index (χ1) is 6.59. The number of hydrogen-bond donors (Lipinski definition) is 0. The van der Waals surface area contributed by atoms with Crippen molar-refractivity contribution in [1.82, 2.24) is 4.98 Å². The summed E-state index contributed by atoms with van der Waals surface area (Å²) in [5.41, 5.74) is 2.25. The van der Waals surface area contributed by atoms with E-state index in [-0.39, 0.29) is 5.38 Å². The molecule has 78 valence electrons. The fraction of sp³-hybridized carbons (Fsp3) is 0.545. The van der Waals surface area contributed by atoms with Gasteiger partial charge in [-0.1, -0.05) is 0 Å². The highest BCUT2D eigenvalue weighted by atomic mass is 35.5. The van der Waals surface area contributed by atoms with Crippen LogP contribution in [0.25, 0.3) is 0 Å². The zero-order chi connectivity index (χ0) is 10.6. The predicted molar refractivity (Wildman–Crippen MR) is 62.2 cm³/mol. The third-order valence-electron chi connectivity index (χ3n) is 2.18. The lowest BCUT2D eigenvalue weighted by molar-refractivity contribution is 0.772. The van der Waals surface area contributed by atoms with Gasteiger partial charge in [0, 0.05) is 36.5 Å². The fourth-order valence-electron chi connectivity index (χ4n) is 1.27. The van der Waals surface area contributed by atoms with Crippen LogP contribution >= 0.6 is 11.6 Å². The largest absolute Gasteiger partial charge is 0.374 e. The summed E-state index contributed by atoms with van der Waals surface area (Å²) < 4.78 is 0. The van der Waals surface area contributed by atoms with Gasteiger partial charge in [0.15, 0.2) is 0 Å². The Bertz CT molecular complexity index is 286. The molecule has 1 atom stereocenters. The predicted octanol–water partition coefficient (Wildman–Crippen LogP) is 2.84. The van der Waals surface area contributed by atoms with Crippen LogP contribution in [0, 0.1) is 6.92 Å². The third kappa shape index (κ3) is 3.54.